The van der Waals surface area contributed by atoms with E-state index in [9.17, 15) is 8.42 Å². The van der Waals surface area contributed by atoms with Crippen molar-refractivity contribution in [1.29, 1.82) is 0 Å². The van der Waals surface area contributed by atoms with Crippen LogP contribution < -0.4 is 0 Å². The van der Waals surface area contributed by atoms with Crippen LogP contribution in [0.3, 0.4) is 0 Å². The third-order valence-electron chi connectivity index (χ3n) is 4.22. The first kappa shape index (κ1) is 13.6. The predicted octanol–water partition coefficient (Wildman–Crippen LogP) is 1.25. The van der Waals surface area contributed by atoms with Gasteiger partial charge in [0.05, 0.1) is 17.5 Å². The van der Waals surface area contributed by atoms with Crippen LogP contribution in [0.1, 0.15) is 18.0 Å². The minimum absolute atomic E-state index is 0.0840. The first-order valence-electron chi connectivity index (χ1n) is 7.07. The molecule has 0 aromatic carbocycles. The largest absolute Gasteiger partial charge is 0.345 e. The zero-order valence-corrected chi connectivity index (χ0v) is 12.8. The normalized spacial score (nSPS) is 20.1. The lowest BCUT2D eigenvalue weighted by atomic mass is 9.99. The average Bonchev–Trinajstić information content (AvgIpc) is 3.15. The van der Waals surface area contributed by atoms with Gasteiger partial charge < -0.3 is 4.98 Å². The van der Waals surface area contributed by atoms with E-state index in [0.29, 0.717) is 13.1 Å². The lowest BCUT2D eigenvalue weighted by Gasteiger charge is -2.14. The van der Waals surface area contributed by atoms with Gasteiger partial charge in [-0.2, -0.15) is 0 Å². The Labute approximate surface area is 127 Å². The van der Waals surface area contributed by atoms with E-state index >= 15 is 0 Å². The standard InChI is InChI=1S/C14H15N5O2S/c1-22(20,21)19-7-4-9(8-19)13-12-10-2-5-16-14(10)18-17-11(12)3-6-15-13/h2-3,5-6,9H,4,7-8H2,1H3,(H,16,18). The fraction of sp³-hybridized carbons (Fsp3) is 0.357. The number of fused-ring (bicyclic) bond motifs is 3. The molecule has 1 aliphatic rings. The lowest BCUT2D eigenvalue weighted by molar-refractivity contribution is 0.478. The fourth-order valence-electron chi connectivity index (χ4n) is 3.14. The van der Waals surface area contributed by atoms with Gasteiger partial charge in [0.15, 0.2) is 5.65 Å². The highest BCUT2D eigenvalue weighted by atomic mass is 32.2. The van der Waals surface area contributed by atoms with E-state index in [1.54, 1.807) is 6.20 Å². The molecule has 1 N–H and O–H groups in total. The lowest BCUT2D eigenvalue weighted by Crippen LogP contribution is -2.27. The number of aromatic amines is 1. The molecule has 22 heavy (non-hydrogen) atoms. The van der Waals surface area contributed by atoms with Crippen molar-refractivity contribution < 1.29 is 8.42 Å². The van der Waals surface area contributed by atoms with Crippen molar-refractivity contribution in [1.82, 2.24) is 24.5 Å². The molecule has 114 valence electrons. The molecule has 1 unspecified atom stereocenters. The van der Waals surface area contributed by atoms with Crippen LogP contribution >= 0.6 is 0 Å². The number of nitrogens with zero attached hydrogens (tertiary/aromatic N) is 4. The van der Waals surface area contributed by atoms with Gasteiger partial charge >= 0.3 is 0 Å². The first-order chi connectivity index (χ1) is 10.5. The zero-order valence-electron chi connectivity index (χ0n) is 12.0. The number of H-pyrrole nitrogens is 1. The molecule has 0 bridgehead atoms. The Morgan fingerprint density at radius 3 is 2.95 bits per heavy atom. The van der Waals surface area contributed by atoms with Crippen molar-refractivity contribution >= 4 is 32.0 Å². The number of pyridine rings is 1. The van der Waals surface area contributed by atoms with E-state index in [-0.39, 0.29) is 5.92 Å². The Morgan fingerprint density at radius 1 is 1.32 bits per heavy atom. The number of rotatable bonds is 2. The van der Waals surface area contributed by atoms with Crippen LogP contribution in [0.25, 0.3) is 21.9 Å². The molecule has 7 nitrogen and oxygen atoms in total. The number of nitrogens with one attached hydrogen (secondary N) is 1. The highest BCUT2D eigenvalue weighted by Crippen LogP contribution is 2.33. The van der Waals surface area contributed by atoms with Crippen molar-refractivity contribution in [2.45, 2.75) is 12.3 Å². The highest BCUT2D eigenvalue weighted by Gasteiger charge is 2.31. The molecule has 0 amide bonds. The van der Waals surface area contributed by atoms with Gasteiger partial charge in [-0.25, -0.2) is 12.7 Å². The maximum Gasteiger partial charge on any atom is 0.211 e. The summed E-state index contributed by atoms with van der Waals surface area (Å²) >= 11 is 0. The van der Waals surface area contributed by atoms with Crippen LogP contribution in [0, 0.1) is 0 Å². The molecule has 0 aliphatic carbocycles. The molecule has 4 rings (SSSR count). The molecule has 4 heterocycles. The minimum atomic E-state index is -3.16. The second-order valence-corrected chi connectivity index (χ2v) is 7.62. The van der Waals surface area contributed by atoms with E-state index < -0.39 is 10.0 Å². The molecular formula is C14H15N5O2S. The molecule has 1 aliphatic heterocycles. The van der Waals surface area contributed by atoms with Crippen LogP contribution in [0.15, 0.2) is 24.5 Å². The summed E-state index contributed by atoms with van der Waals surface area (Å²) in [6, 6.07) is 3.79. The van der Waals surface area contributed by atoms with Crippen LogP contribution in [0.4, 0.5) is 0 Å². The summed E-state index contributed by atoms with van der Waals surface area (Å²) in [5.74, 6) is 0.0840. The van der Waals surface area contributed by atoms with E-state index in [1.807, 2.05) is 18.3 Å². The second kappa shape index (κ2) is 4.72. The molecule has 3 aromatic heterocycles. The van der Waals surface area contributed by atoms with Crippen LogP contribution in [-0.4, -0.2) is 52.2 Å². The van der Waals surface area contributed by atoms with E-state index in [2.05, 4.69) is 20.2 Å². The summed E-state index contributed by atoms with van der Waals surface area (Å²) in [6.45, 7) is 1.01. The maximum absolute atomic E-state index is 11.7. The summed E-state index contributed by atoms with van der Waals surface area (Å²) in [7, 11) is -3.16. The van der Waals surface area contributed by atoms with E-state index in [4.69, 9.17) is 0 Å². The highest BCUT2D eigenvalue weighted by molar-refractivity contribution is 7.88. The number of hydrogen-bond acceptors (Lipinski definition) is 5. The smallest absolute Gasteiger partial charge is 0.211 e. The van der Waals surface area contributed by atoms with Crippen molar-refractivity contribution in [3.8, 4) is 0 Å². The monoisotopic (exact) mass is 317 g/mol. The van der Waals surface area contributed by atoms with Gasteiger partial charge in [0.25, 0.3) is 0 Å². The summed E-state index contributed by atoms with van der Waals surface area (Å²) in [6.07, 6.45) is 5.57. The predicted molar refractivity (Wildman–Crippen MR) is 83.0 cm³/mol. The Balaban J connectivity index is 1.87. The molecule has 0 spiro atoms. The summed E-state index contributed by atoms with van der Waals surface area (Å²) in [5, 5.41) is 10.3. The Kier molecular flexibility index (Phi) is 2.92. The Hall–Kier alpha value is -2.06. The molecule has 1 saturated heterocycles. The van der Waals surface area contributed by atoms with Gasteiger partial charge in [0.2, 0.25) is 10.0 Å². The van der Waals surface area contributed by atoms with Gasteiger partial charge in [0.1, 0.15) is 0 Å². The number of sulfonamides is 1. The van der Waals surface area contributed by atoms with Crippen LogP contribution in [0.5, 0.6) is 0 Å². The van der Waals surface area contributed by atoms with E-state index in [0.717, 1.165) is 34.1 Å². The van der Waals surface area contributed by atoms with Gasteiger partial charge in [0, 0.05) is 42.2 Å². The van der Waals surface area contributed by atoms with Gasteiger partial charge in [-0.15, -0.1) is 10.2 Å². The SMILES string of the molecule is CS(=O)(=O)N1CCC(c2nccc3nnc4[nH]ccc4c23)C1. The first-order valence-corrected chi connectivity index (χ1v) is 8.92. The Bertz CT molecular complexity index is 966. The third-order valence-corrected chi connectivity index (χ3v) is 5.49. The topological polar surface area (TPSA) is 91.8 Å². The summed E-state index contributed by atoms with van der Waals surface area (Å²) in [4.78, 5) is 7.59. The second-order valence-electron chi connectivity index (χ2n) is 5.64. The van der Waals surface area contributed by atoms with Crippen molar-refractivity contribution in [2.24, 2.45) is 0 Å². The molecule has 1 fully saturated rings. The number of aromatic nitrogens is 4. The minimum Gasteiger partial charge on any atom is -0.345 e. The van der Waals surface area contributed by atoms with Crippen LogP contribution in [0.2, 0.25) is 0 Å². The maximum atomic E-state index is 11.7. The average molecular weight is 317 g/mol. The molecule has 1 atom stereocenters. The van der Waals surface area contributed by atoms with E-state index in [1.165, 1.54) is 10.6 Å². The van der Waals surface area contributed by atoms with Crippen molar-refractivity contribution in [3.63, 3.8) is 0 Å². The third kappa shape index (κ3) is 2.06. The summed E-state index contributed by atoms with van der Waals surface area (Å²) in [5.41, 5.74) is 2.41. The molecule has 0 radical (unpaired) electrons. The van der Waals surface area contributed by atoms with Gasteiger partial charge in [-0.1, -0.05) is 0 Å². The van der Waals surface area contributed by atoms with Crippen molar-refractivity contribution in [3.05, 3.63) is 30.2 Å². The molecule has 0 saturated carbocycles. The number of hydrogen-bond donors (Lipinski definition) is 1. The van der Waals surface area contributed by atoms with Gasteiger partial charge in [-0.05, 0) is 18.6 Å². The van der Waals surface area contributed by atoms with Crippen molar-refractivity contribution in [2.75, 3.05) is 19.3 Å². The summed E-state index contributed by atoms with van der Waals surface area (Å²) < 4.78 is 25.0. The molecular weight excluding hydrogens is 302 g/mol. The van der Waals surface area contributed by atoms with Crippen LogP contribution in [-0.2, 0) is 10.0 Å². The van der Waals surface area contributed by atoms with Gasteiger partial charge in [-0.3, -0.25) is 4.98 Å². The fourth-order valence-corrected chi connectivity index (χ4v) is 4.03. The Morgan fingerprint density at radius 2 is 2.18 bits per heavy atom. The quantitative estimate of drug-likeness (QED) is 0.768. The zero-order chi connectivity index (χ0) is 15.3. The molecule has 3 aromatic rings. The molecule has 8 heteroatoms.